The van der Waals surface area contributed by atoms with Crippen molar-refractivity contribution in [2.24, 2.45) is 17.6 Å². The number of rotatable bonds is 5. The second-order valence-corrected chi connectivity index (χ2v) is 5.90. The maximum atomic E-state index is 11.6. The van der Waals surface area contributed by atoms with E-state index in [0.717, 1.165) is 12.3 Å². The summed E-state index contributed by atoms with van der Waals surface area (Å²) in [6, 6.07) is -0.820. The summed E-state index contributed by atoms with van der Waals surface area (Å²) in [7, 11) is 1.24. The second-order valence-electron chi connectivity index (χ2n) is 5.90. The average molecular weight is 313 g/mol. The van der Waals surface area contributed by atoms with Crippen LogP contribution in [0.2, 0.25) is 0 Å². The minimum Gasteiger partial charge on any atom is -0.467 e. The molecule has 4 N–H and O–H groups in total. The van der Waals surface area contributed by atoms with Gasteiger partial charge in [0.1, 0.15) is 6.04 Å². The molecule has 2 amide bonds. The Hall–Kier alpha value is -1.63. The van der Waals surface area contributed by atoms with E-state index in [9.17, 15) is 14.4 Å². The van der Waals surface area contributed by atoms with E-state index in [4.69, 9.17) is 5.73 Å². The van der Waals surface area contributed by atoms with Crippen molar-refractivity contribution in [3.05, 3.63) is 0 Å². The number of nitrogens with two attached hydrogens (primary N) is 1. The lowest BCUT2D eigenvalue weighted by molar-refractivity contribution is -0.146. The van der Waals surface area contributed by atoms with Gasteiger partial charge >= 0.3 is 5.97 Å². The van der Waals surface area contributed by atoms with Crippen molar-refractivity contribution in [2.45, 2.75) is 45.1 Å². The highest BCUT2D eigenvalue weighted by atomic mass is 16.5. The Morgan fingerprint density at radius 2 is 2.05 bits per heavy atom. The lowest BCUT2D eigenvalue weighted by Gasteiger charge is -2.25. The number of methoxy groups -OCH3 is 1. The van der Waals surface area contributed by atoms with Crippen LogP contribution in [-0.2, 0) is 19.1 Å². The van der Waals surface area contributed by atoms with Crippen LogP contribution < -0.4 is 16.4 Å². The van der Waals surface area contributed by atoms with Crippen LogP contribution >= 0.6 is 0 Å². The van der Waals surface area contributed by atoms with E-state index in [2.05, 4.69) is 22.3 Å². The molecule has 1 heterocycles. The lowest BCUT2D eigenvalue weighted by Crippen LogP contribution is -2.47. The SMILES string of the molecule is CC1CC1.COC(=O)C(CC1CCCNC1=O)NC(=O)CN. The molecule has 2 fully saturated rings. The molecule has 7 heteroatoms. The fourth-order valence-electron chi connectivity index (χ4n) is 2.12. The van der Waals surface area contributed by atoms with Crippen LogP contribution in [-0.4, -0.2) is 44.0 Å². The molecule has 0 radical (unpaired) electrons. The van der Waals surface area contributed by atoms with Crippen molar-refractivity contribution in [3.63, 3.8) is 0 Å². The Balaban J connectivity index is 0.000000519. The molecule has 2 atom stereocenters. The summed E-state index contributed by atoms with van der Waals surface area (Å²) in [5.74, 6) is -0.283. The van der Waals surface area contributed by atoms with Gasteiger partial charge in [-0.3, -0.25) is 9.59 Å². The number of hydrogen-bond acceptors (Lipinski definition) is 5. The summed E-state index contributed by atoms with van der Waals surface area (Å²) >= 11 is 0. The van der Waals surface area contributed by atoms with Crippen LogP contribution in [0.1, 0.15) is 39.0 Å². The fourth-order valence-corrected chi connectivity index (χ4v) is 2.12. The van der Waals surface area contributed by atoms with Gasteiger partial charge < -0.3 is 21.1 Å². The number of amides is 2. The maximum absolute atomic E-state index is 11.6. The minimum atomic E-state index is -0.820. The summed E-state index contributed by atoms with van der Waals surface area (Å²) in [4.78, 5) is 34.4. The normalized spacial score (nSPS) is 21.8. The third kappa shape index (κ3) is 6.89. The van der Waals surface area contributed by atoms with Crippen LogP contribution in [0.3, 0.4) is 0 Å². The second kappa shape index (κ2) is 9.40. The van der Waals surface area contributed by atoms with Gasteiger partial charge in [-0.1, -0.05) is 19.8 Å². The zero-order valence-corrected chi connectivity index (χ0v) is 13.4. The van der Waals surface area contributed by atoms with Gasteiger partial charge in [-0.15, -0.1) is 0 Å². The molecule has 2 aliphatic rings. The largest absolute Gasteiger partial charge is 0.467 e. The van der Waals surface area contributed by atoms with Gasteiger partial charge in [0, 0.05) is 12.5 Å². The number of carbonyl (C=O) groups is 3. The van der Waals surface area contributed by atoms with E-state index in [0.29, 0.717) is 13.0 Å². The molecule has 0 aromatic heterocycles. The maximum Gasteiger partial charge on any atom is 0.328 e. The molecule has 2 unspecified atom stereocenters. The summed E-state index contributed by atoms with van der Waals surface area (Å²) in [5.41, 5.74) is 5.18. The number of nitrogens with one attached hydrogen (secondary N) is 2. The molecule has 22 heavy (non-hydrogen) atoms. The zero-order valence-electron chi connectivity index (χ0n) is 13.4. The Morgan fingerprint density at radius 3 is 2.50 bits per heavy atom. The van der Waals surface area contributed by atoms with Gasteiger partial charge in [-0.2, -0.15) is 0 Å². The molecule has 1 aliphatic heterocycles. The van der Waals surface area contributed by atoms with Gasteiger partial charge in [0.15, 0.2) is 0 Å². The van der Waals surface area contributed by atoms with E-state index < -0.39 is 17.9 Å². The topological polar surface area (TPSA) is 111 Å². The van der Waals surface area contributed by atoms with Crippen molar-refractivity contribution < 1.29 is 19.1 Å². The molecular weight excluding hydrogens is 286 g/mol. The third-order valence-electron chi connectivity index (χ3n) is 3.79. The smallest absolute Gasteiger partial charge is 0.328 e. The quantitative estimate of drug-likeness (QED) is 0.616. The molecular formula is C15H27N3O4. The van der Waals surface area contributed by atoms with Crippen molar-refractivity contribution in [1.29, 1.82) is 0 Å². The predicted molar refractivity (Wildman–Crippen MR) is 81.7 cm³/mol. The highest BCUT2D eigenvalue weighted by Gasteiger charge is 2.30. The first kappa shape index (κ1) is 18.4. The number of esters is 1. The average Bonchev–Trinajstić information content (AvgIpc) is 3.30. The van der Waals surface area contributed by atoms with E-state index in [1.165, 1.54) is 20.0 Å². The summed E-state index contributed by atoms with van der Waals surface area (Å²) in [6.45, 7) is 2.73. The molecule has 2 rings (SSSR count). The molecule has 7 nitrogen and oxygen atoms in total. The number of hydrogen-bond donors (Lipinski definition) is 3. The highest BCUT2D eigenvalue weighted by Crippen LogP contribution is 2.26. The molecule has 126 valence electrons. The summed E-state index contributed by atoms with van der Waals surface area (Å²) in [5, 5.41) is 5.20. The van der Waals surface area contributed by atoms with E-state index in [-0.39, 0.29) is 24.8 Å². The molecule has 1 saturated heterocycles. The molecule has 1 saturated carbocycles. The lowest BCUT2D eigenvalue weighted by atomic mass is 9.91. The van der Waals surface area contributed by atoms with Gasteiger partial charge in [0.2, 0.25) is 11.8 Å². The van der Waals surface area contributed by atoms with Crippen LogP contribution in [0.5, 0.6) is 0 Å². The molecule has 0 aromatic rings. The first-order valence-corrected chi connectivity index (χ1v) is 7.82. The Labute approximate surface area is 131 Å². The van der Waals surface area contributed by atoms with Gasteiger partial charge in [0.25, 0.3) is 0 Å². The monoisotopic (exact) mass is 313 g/mol. The summed E-state index contributed by atoms with van der Waals surface area (Å²) < 4.78 is 4.61. The van der Waals surface area contributed by atoms with Gasteiger partial charge in [-0.25, -0.2) is 4.79 Å². The first-order chi connectivity index (χ1) is 10.5. The fraction of sp³-hybridized carbons (Fsp3) is 0.800. The van der Waals surface area contributed by atoms with E-state index in [1.807, 2.05) is 0 Å². The van der Waals surface area contributed by atoms with Crippen molar-refractivity contribution in [2.75, 3.05) is 20.2 Å². The van der Waals surface area contributed by atoms with Crippen molar-refractivity contribution in [1.82, 2.24) is 10.6 Å². The van der Waals surface area contributed by atoms with Gasteiger partial charge in [0.05, 0.1) is 13.7 Å². The highest BCUT2D eigenvalue weighted by molar-refractivity contribution is 5.86. The summed E-state index contributed by atoms with van der Waals surface area (Å²) in [6.07, 6.45) is 4.79. The predicted octanol–water partition coefficient (Wildman–Crippen LogP) is -0.0645. The number of carbonyl (C=O) groups excluding carboxylic acids is 3. The van der Waals surface area contributed by atoms with Crippen molar-refractivity contribution in [3.8, 4) is 0 Å². The van der Waals surface area contributed by atoms with Crippen LogP contribution in [0.25, 0.3) is 0 Å². The Kier molecular flexibility index (Phi) is 7.87. The molecule has 0 aromatic carbocycles. The van der Waals surface area contributed by atoms with E-state index >= 15 is 0 Å². The third-order valence-corrected chi connectivity index (χ3v) is 3.79. The Morgan fingerprint density at radius 1 is 1.41 bits per heavy atom. The first-order valence-electron chi connectivity index (χ1n) is 7.82. The number of ether oxygens (including phenoxy) is 1. The van der Waals surface area contributed by atoms with Crippen LogP contribution in [0.4, 0.5) is 0 Å². The van der Waals surface area contributed by atoms with Gasteiger partial charge in [-0.05, 0) is 25.2 Å². The van der Waals surface area contributed by atoms with Crippen LogP contribution in [0.15, 0.2) is 0 Å². The Bertz CT molecular complexity index is 396. The standard InChI is InChI=1S/C11H19N3O4.C4H8/c1-18-11(17)8(14-9(15)6-12)5-7-3-2-4-13-10(7)16;1-4-2-3-4/h7-8H,2-6,12H2,1H3,(H,13,16)(H,14,15);4H,2-3H2,1H3. The minimum absolute atomic E-state index is 0.0860. The molecule has 1 aliphatic carbocycles. The van der Waals surface area contributed by atoms with Crippen LogP contribution in [0, 0.1) is 11.8 Å². The molecule has 0 bridgehead atoms. The molecule has 0 spiro atoms. The number of piperidine rings is 1. The van der Waals surface area contributed by atoms with Crippen molar-refractivity contribution >= 4 is 17.8 Å². The zero-order chi connectivity index (χ0) is 16.5. The van der Waals surface area contributed by atoms with E-state index in [1.54, 1.807) is 0 Å².